The highest BCUT2D eigenvalue weighted by molar-refractivity contribution is 5.79. The molecule has 0 aliphatic rings. The molecule has 0 saturated carbocycles. The first-order valence-corrected chi connectivity index (χ1v) is 6.38. The molecule has 1 atom stereocenters. The molecule has 6 nitrogen and oxygen atoms in total. The molecule has 0 amide bonds. The Kier molecular flexibility index (Phi) is 6.36. The summed E-state index contributed by atoms with van der Waals surface area (Å²) in [6, 6.07) is 6.99. The molecule has 0 radical (unpaired) electrons. The Morgan fingerprint density at radius 1 is 1.30 bits per heavy atom. The van der Waals surface area contributed by atoms with Gasteiger partial charge in [0.25, 0.3) is 0 Å². The number of nitrogen functional groups attached to an aromatic ring is 1. The van der Waals surface area contributed by atoms with Gasteiger partial charge in [-0.15, -0.1) is 0 Å². The first kappa shape index (κ1) is 15.8. The third kappa shape index (κ3) is 5.17. The fraction of sp³-hybridized carbons (Fsp3) is 0.429. The number of ether oxygens (including phenoxy) is 3. The summed E-state index contributed by atoms with van der Waals surface area (Å²) in [7, 11) is 0. The number of carbonyl (C=O) groups excluding carboxylic acids is 2. The van der Waals surface area contributed by atoms with Crippen molar-refractivity contribution in [3.8, 4) is 5.75 Å². The second kappa shape index (κ2) is 8.04. The van der Waals surface area contributed by atoms with Gasteiger partial charge in [-0.3, -0.25) is 4.79 Å². The van der Waals surface area contributed by atoms with Gasteiger partial charge < -0.3 is 19.9 Å². The molecule has 0 heterocycles. The van der Waals surface area contributed by atoms with E-state index in [2.05, 4.69) is 0 Å². The maximum absolute atomic E-state index is 11.5. The first-order valence-electron chi connectivity index (χ1n) is 6.38. The zero-order chi connectivity index (χ0) is 15.0. The lowest BCUT2D eigenvalue weighted by atomic mass is 10.3. The third-order valence-corrected chi connectivity index (χ3v) is 2.41. The first-order chi connectivity index (χ1) is 9.54. The van der Waals surface area contributed by atoms with Crippen molar-refractivity contribution in [1.29, 1.82) is 0 Å². The van der Waals surface area contributed by atoms with E-state index >= 15 is 0 Å². The van der Waals surface area contributed by atoms with Gasteiger partial charge in [-0.05, 0) is 26.0 Å². The van der Waals surface area contributed by atoms with Crippen LogP contribution in [0.4, 0.5) is 5.69 Å². The average Bonchev–Trinajstić information content (AvgIpc) is 2.41. The molecule has 1 unspecified atom stereocenters. The molecular formula is C14H19NO5. The monoisotopic (exact) mass is 281 g/mol. The SMILES string of the molecule is CCOC(=O)C(C)OC(=O)CCOc1ccccc1N. The van der Waals surface area contributed by atoms with Crippen LogP contribution in [0, 0.1) is 0 Å². The second-order valence-electron chi connectivity index (χ2n) is 4.02. The molecule has 2 N–H and O–H groups in total. The van der Waals surface area contributed by atoms with Crippen molar-refractivity contribution in [3.63, 3.8) is 0 Å². The Hall–Kier alpha value is -2.24. The highest BCUT2D eigenvalue weighted by Crippen LogP contribution is 2.19. The van der Waals surface area contributed by atoms with Gasteiger partial charge in [-0.2, -0.15) is 0 Å². The van der Waals surface area contributed by atoms with Crippen LogP contribution in [0.15, 0.2) is 24.3 Å². The molecule has 0 aliphatic carbocycles. The van der Waals surface area contributed by atoms with Crippen molar-refractivity contribution in [2.45, 2.75) is 26.4 Å². The molecule has 110 valence electrons. The van der Waals surface area contributed by atoms with Crippen LogP contribution in [0.1, 0.15) is 20.3 Å². The Morgan fingerprint density at radius 2 is 2.00 bits per heavy atom. The number of carbonyl (C=O) groups is 2. The van der Waals surface area contributed by atoms with E-state index < -0.39 is 18.0 Å². The van der Waals surface area contributed by atoms with E-state index in [1.165, 1.54) is 6.92 Å². The minimum absolute atomic E-state index is 0.0259. The summed E-state index contributed by atoms with van der Waals surface area (Å²) in [6.07, 6.45) is -0.887. The molecule has 20 heavy (non-hydrogen) atoms. The van der Waals surface area contributed by atoms with Crippen molar-refractivity contribution < 1.29 is 23.8 Å². The van der Waals surface area contributed by atoms with Crippen molar-refractivity contribution >= 4 is 17.6 Å². The van der Waals surface area contributed by atoms with Crippen LogP contribution in [-0.2, 0) is 19.1 Å². The molecule has 6 heteroatoms. The highest BCUT2D eigenvalue weighted by Gasteiger charge is 2.18. The zero-order valence-electron chi connectivity index (χ0n) is 11.6. The predicted octanol–water partition coefficient (Wildman–Crippen LogP) is 1.53. The maximum Gasteiger partial charge on any atom is 0.347 e. The zero-order valence-corrected chi connectivity index (χ0v) is 11.6. The molecule has 0 bridgehead atoms. The lowest BCUT2D eigenvalue weighted by molar-refractivity contribution is -0.166. The van der Waals surface area contributed by atoms with Crippen LogP contribution in [-0.4, -0.2) is 31.3 Å². The summed E-state index contributed by atoms with van der Waals surface area (Å²) < 4.78 is 15.0. The van der Waals surface area contributed by atoms with E-state index in [9.17, 15) is 9.59 Å². The van der Waals surface area contributed by atoms with Gasteiger partial charge in [0.05, 0.1) is 25.3 Å². The summed E-state index contributed by atoms with van der Waals surface area (Å²) in [6.45, 7) is 3.52. The van der Waals surface area contributed by atoms with E-state index in [4.69, 9.17) is 19.9 Å². The number of anilines is 1. The van der Waals surface area contributed by atoms with E-state index in [0.29, 0.717) is 11.4 Å². The Bertz CT molecular complexity index is 461. The van der Waals surface area contributed by atoms with Gasteiger partial charge in [0.2, 0.25) is 0 Å². The highest BCUT2D eigenvalue weighted by atomic mass is 16.6. The maximum atomic E-state index is 11.5. The molecular weight excluding hydrogens is 262 g/mol. The normalized spacial score (nSPS) is 11.5. The van der Waals surface area contributed by atoms with Gasteiger partial charge in [-0.1, -0.05) is 12.1 Å². The molecule has 1 rings (SSSR count). The molecule has 1 aromatic carbocycles. The lowest BCUT2D eigenvalue weighted by Gasteiger charge is -2.12. The molecule has 0 fully saturated rings. The van der Waals surface area contributed by atoms with Crippen molar-refractivity contribution in [2.24, 2.45) is 0 Å². The van der Waals surface area contributed by atoms with Gasteiger partial charge in [0, 0.05) is 0 Å². The number of benzene rings is 1. The quantitative estimate of drug-likeness (QED) is 0.602. The number of rotatable bonds is 7. The predicted molar refractivity (Wildman–Crippen MR) is 73.2 cm³/mol. The van der Waals surface area contributed by atoms with Crippen LogP contribution < -0.4 is 10.5 Å². The Labute approximate surface area is 117 Å². The van der Waals surface area contributed by atoms with E-state index in [-0.39, 0.29) is 19.6 Å². The van der Waals surface area contributed by atoms with Crippen molar-refractivity contribution in [1.82, 2.24) is 0 Å². The van der Waals surface area contributed by atoms with Gasteiger partial charge in [0.15, 0.2) is 6.10 Å². The van der Waals surface area contributed by atoms with E-state index in [1.54, 1.807) is 31.2 Å². The summed E-state index contributed by atoms with van der Waals surface area (Å²) in [5.41, 5.74) is 6.19. The second-order valence-corrected chi connectivity index (χ2v) is 4.02. The summed E-state index contributed by atoms with van der Waals surface area (Å²) in [5, 5.41) is 0. The number of esters is 2. The van der Waals surface area contributed by atoms with Gasteiger partial charge in [-0.25, -0.2) is 4.79 Å². The number of para-hydroxylation sites is 2. The van der Waals surface area contributed by atoms with Gasteiger partial charge >= 0.3 is 11.9 Å². The van der Waals surface area contributed by atoms with Crippen molar-refractivity contribution in [2.75, 3.05) is 18.9 Å². The fourth-order valence-corrected chi connectivity index (χ4v) is 1.42. The standard InChI is InChI=1S/C14H19NO5/c1-3-18-14(17)10(2)20-13(16)8-9-19-12-7-5-4-6-11(12)15/h4-7,10H,3,8-9,15H2,1-2H3. The molecule has 0 aromatic heterocycles. The number of hydrogen-bond acceptors (Lipinski definition) is 6. The molecule has 0 aliphatic heterocycles. The summed E-state index contributed by atoms with van der Waals surface area (Å²) in [4.78, 5) is 22.8. The van der Waals surface area contributed by atoms with Crippen LogP contribution in [0.5, 0.6) is 5.75 Å². The summed E-state index contributed by atoms with van der Waals surface area (Å²) >= 11 is 0. The molecule has 0 spiro atoms. The van der Waals surface area contributed by atoms with E-state index in [1.807, 2.05) is 0 Å². The van der Waals surface area contributed by atoms with Crippen molar-refractivity contribution in [3.05, 3.63) is 24.3 Å². The number of nitrogens with two attached hydrogens (primary N) is 1. The Morgan fingerprint density at radius 3 is 2.65 bits per heavy atom. The lowest BCUT2D eigenvalue weighted by Crippen LogP contribution is -2.26. The summed E-state index contributed by atoms with van der Waals surface area (Å²) in [5.74, 6) is -0.576. The largest absolute Gasteiger partial charge is 0.491 e. The molecule has 0 saturated heterocycles. The van der Waals surface area contributed by atoms with Crippen LogP contribution in [0.25, 0.3) is 0 Å². The van der Waals surface area contributed by atoms with E-state index in [0.717, 1.165) is 0 Å². The topological polar surface area (TPSA) is 87.8 Å². The Balaban J connectivity index is 2.30. The van der Waals surface area contributed by atoms with Crippen LogP contribution >= 0.6 is 0 Å². The average molecular weight is 281 g/mol. The smallest absolute Gasteiger partial charge is 0.347 e. The van der Waals surface area contributed by atoms with Crippen LogP contribution in [0.3, 0.4) is 0 Å². The van der Waals surface area contributed by atoms with Crippen LogP contribution in [0.2, 0.25) is 0 Å². The third-order valence-electron chi connectivity index (χ3n) is 2.41. The minimum atomic E-state index is -0.913. The minimum Gasteiger partial charge on any atom is -0.491 e. The molecule has 1 aromatic rings. The number of hydrogen-bond donors (Lipinski definition) is 1. The fourth-order valence-electron chi connectivity index (χ4n) is 1.42. The van der Waals surface area contributed by atoms with Gasteiger partial charge in [0.1, 0.15) is 5.75 Å².